The molecule has 0 amide bonds. The molecular weight excluding hydrogens is 266 g/mol. The summed E-state index contributed by atoms with van der Waals surface area (Å²) in [6, 6.07) is 3.60. The molecule has 0 bridgehead atoms. The van der Waals surface area contributed by atoms with Gasteiger partial charge in [0.25, 0.3) is 0 Å². The standard InChI is InChI=1S/C13H14ClN3O2/c14-12-10(7-15)3-4-16-13(12)17-5-1-2-9(8-17)6-11(18)19/h3-4,9H,1-2,5-6,8H2,(H,18,19). The first-order chi connectivity index (χ1) is 9.11. The second-order valence-electron chi connectivity index (χ2n) is 4.66. The minimum absolute atomic E-state index is 0.106. The molecule has 0 aromatic carbocycles. The molecule has 19 heavy (non-hydrogen) atoms. The number of rotatable bonds is 3. The first-order valence-corrected chi connectivity index (χ1v) is 6.51. The van der Waals surface area contributed by atoms with Crippen molar-refractivity contribution in [1.82, 2.24) is 4.98 Å². The van der Waals surface area contributed by atoms with E-state index in [1.165, 1.54) is 0 Å². The highest BCUT2D eigenvalue weighted by Crippen LogP contribution is 2.30. The molecule has 2 rings (SSSR count). The van der Waals surface area contributed by atoms with Crippen molar-refractivity contribution < 1.29 is 9.90 Å². The van der Waals surface area contributed by atoms with Gasteiger partial charge in [-0.05, 0) is 24.8 Å². The highest BCUT2D eigenvalue weighted by molar-refractivity contribution is 6.34. The van der Waals surface area contributed by atoms with E-state index in [2.05, 4.69) is 4.98 Å². The van der Waals surface area contributed by atoms with Crippen LogP contribution < -0.4 is 4.90 Å². The summed E-state index contributed by atoms with van der Waals surface area (Å²) in [6.45, 7) is 1.41. The van der Waals surface area contributed by atoms with E-state index in [0.717, 1.165) is 19.4 Å². The number of anilines is 1. The molecule has 1 saturated heterocycles. The maximum atomic E-state index is 10.8. The van der Waals surface area contributed by atoms with Crippen LogP contribution in [0, 0.1) is 17.2 Å². The third-order valence-electron chi connectivity index (χ3n) is 3.27. The van der Waals surface area contributed by atoms with E-state index in [1.807, 2.05) is 11.0 Å². The van der Waals surface area contributed by atoms with Gasteiger partial charge in [0, 0.05) is 25.7 Å². The molecule has 5 nitrogen and oxygen atoms in total. The van der Waals surface area contributed by atoms with Crippen molar-refractivity contribution in [2.24, 2.45) is 5.92 Å². The predicted molar refractivity (Wildman–Crippen MR) is 71.2 cm³/mol. The van der Waals surface area contributed by atoms with Crippen molar-refractivity contribution in [1.29, 1.82) is 5.26 Å². The van der Waals surface area contributed by atoms with Gasteiger partial charge >= 0.3 is 5.97 Å². The number of piperidine rings is 1. The van der Waals surface area contributed by atoms with Crippen LogP contribution in [-0.4, -0.2) is 29.1 Å². The summed E-state index contributed by atoms with van der Waals surface area (Å²) in [5, 5.41) is 18.2. The van der Waals surface area contributed by atoms with Crippen molar-refractivity contribution in [3.63, 3.8) is 0 Å². The lowest BCUT2D eigenvalue weighted by molar-refractivity contribution is -0.138. The van der Waals surface area contributed by atoms with Gasteiger partial charge in [-0.2, -0.15) is 5.26 Å². The summed E-state index contributed by atoms with van der Waals surface area (Å²) in [5.41, 5.74) is 0.395. The van der Waals surface area contributed by atoms with Crippen molar-refractivity contribution in [2.45, 2.75) is 19.3 Å². The average molecular weight is 280 g/mol. The Morgan fingerprint density at radius 1 is 1.68 bits per heavy atom. The summed E-state index contributed by atoms with van der Waals surface area (Å²) in [4.78, 5) is 17.0. The molecule has 0 radical (unpaired) electrons. The van der Waals surface area contributed by atoms with Gasteiger partial charge in [-0.3, -0.25) is 4.79 Å². The van der Waals surface area contributed by atoms with Gasteiger partial charge in [-0.15, -0.1) is 0 Å². The van der Waals surface area contributed by atoms with E-state index < -0.39 is 5.97 Å². The second-order valence-corrected chi connectivity index (χ2v) is 5.04. The predicted octanol–water partition coefficient (Wildman–Crippen LogP) is 2.30. The molecular formula is C13H14ClN3O2. The normalized spacial score (nSPS) is 18.9. The molecule has 1 N–H and O–H groups in total. The summed E-state index contributed by atoms with van der Waals surface area (Å²) >= 11 is 6.15. The lowest BCUT2D eigenvalue weighted by atomic mass is 9.95. The molecule has 1 aromatic rings. The Balaban J connectivity index is 2.18. The smallest absolute Gasteiger partial charge is 0.303 e. The maximum absolute atomic E-state index is 10.8. The lowest BCUT2D eigenvalue weighted by Gasteiger charge is -2.33. The number of halogens is 1. The number of aliphatic carboxylic acids is 1. The first kappa shape index (κ1) is 13.6. The molecule has 1 atom stereocenters. The van der Waals surface area contributed by atoms with E-state index in [1.54, 1.807) is 12.3 Å². The highest BCUT2D eigenvalue weighted by atomic mass is 35.5. The molecule has 1 aliphatic rings. The number of nitrogens with zero attached hydrogens (tertiary/aromatic N) is 3. The summed E-state index contributed by atoms with van der Waals surface area (Å²) in [6.07, 6.45) is 3.53. The monoisotopic (exact) mass is 279 g/mol. The van der Waals surface area contributed by atoms with Crippen molar-refractivity contribution >= 4 is 23.4 Å². The average Bonchev–Trinajstić information content (AvgIpc) is 2.38. The number of carbonyl (C=O) groups is 1. The zero-order valence-electron chi connectivity index (χ0n) is 10.3. The molecule has 1 unspecified atom stereocenters. The summed E-state index contributed by atoms with van der Waals surface area (Å²) in [5.74, 6) is -0.0951. The fourth-order valence-electron chi connectivity index (χ4n) is 2.41. The number of aromatic nitrogens is 1. The Hall–Kier alpha value is -1.80. The number of hydrogen-bond donors (Lipinski definition) is 1. The topological polar surface area (TPSA) is 77.2 Å². The Labute approximate surface area is 116 Å². The van der Waals surface area contributed by atoms with Crippen LogP contribution in [0.5, 0.6) is 0 Å². The van der Waals surface area contributed by atoms with Crippen LogP contribution in [0.15, 0.2) is 12.3 Å². The molecule has 2 heterocycles. The van der Waals surface area contributed by atoms with Gasteiger partial charge < -0.3 is 10.0 Å². The largest absolute Gasteiger partial charge is 0.481 e. The summed E-state index contributed by atoms with van der Waals surface area (Å²) in [7, 11) is 0. The third kappa shape index (κ3) is 3.15. The molecule has 6 heteroatoms. The highest BCUT2D eigenvalue weighted by Gasteiger charge is 2.24. The summed E-state index contributed by atoms with van der Waals surface area (Å²) < 4.78 is 0. The number of carboxylic acids is 1. The van der Waals surface area contributed by atoms with Crippen LogP contribution in [0.1, 0.15) is 24.8 Å². The van der Waals surface area contributed by atoms with Gasteiger partial charge in [0.2, 0.25) is 0 Å². The van der Waals surface area contributed by atoms with Crippen LogP contribution in [0.25, 0.3) is 0 Å². The third-order valence-corrected chi connectivity index (χ3v) is 3.65. The Morgan fingerprint density at radius 2 is 2.47 bits per heavy atom. The first-order valence-electron chi connectivity index (χ1n) is 6.13. The van der Waals surface area contributed by atoms with Crippen LogP contribution in [0.2, 0.25) is 5.02 Å². The van der Waals surface area contributed by atoms with E-state index >= 15 is 0 Å². The van der Waals surface area contributed by atoms with Gasteiger partial charge in [-0.25, -0.2) is 4.98 Å². The van der Waals surface area contributed by atoms with Gasteiger partial charge in [0.1, 0.15) is 16.9 Å². The van der Waals surface area contributed by atoms with E-state index in [0.29, 0.717) is 22.9 Å². The SMILES string of the molecule is N#Cc1ccnc(N2CCCC(CC(=O)O)C2)c1Cl. The Bertz CT molecular complexity index is 527. The minimum atomic E-state index is -0.781. The molecule has 0 saturated carbocycles. The van der Waals surface area contributed by atoms with E-state index in [4.69, 9.17) is 22.0 Å². The van der Waals surface area contributed by atoms with Gasteiger partial charge in [0.05, 0.1) is 5.56 Å². The molecule has 1 aliphatic heterocycles. The van der Waals surface area contributed by atoms with E-state index in [-0.39, 0.29) is 12.3 Å². The maximum Gasteiger partial charge on any atom is 0.303 e. The molecule has 0 aliphatic carbocycles. The van der Waals surface area contributed by atoms with Crippen LogP contribution in [0.4, 0.5) is 5.82 Å². The van der Waals surface area contributed by atoms with Crippen LogP contribution >= 0.6 is 11.6 Å². The van der Waals surface area contributed by atoms with Crippen molar-refractivity contribution in [3.05, 3.63) is 22.8 Å². The fraction of sp³-hybridized carbons (Fsp3) is 0.462. The minimum Gasteiger partial charge on any atom is -0.481 e. The molecule has 1 aromatic heterocycles. The molecule has 100 valence electrons. The lowest BCUT2D eigenvalue weighted by Crippen LogP contribution is -2.37. The Kier molecular flexibility index (Phi) is 4.23. The van der Waals surface area contributed by atoms with Crippen LogP contribution in [-0.2, 0) is 4.79 Å². The second kappa shape index (κ2) is 5.89. The van der Waals surface area contributed by atoms with E-state index in [9.17, 15) is 4.79 Å². The quantitative estimate of drug-likeness (QED) is 0.918. The zero-order chi connectivity index (χ0) is 13.8. The number of nitriles is 1. The number of carboxylic acid groups (broad SMARTS) is 1. The molecule has 0 spiro atoms. The Morgan fingerprint density at radius 3 is 3.16 bits per heavy atom. The van der Waals surface area contributed by atoms with Crippen LogP contribution in [0.3, 0.4) is 0 Å². The molecule has 1 fully saturated rings. The number of pyridine rings is 1. The van der Waals surface area contributed by atoms with Crippen molar-refractivity contribution in [3.8, 4) is 6.07 Å². The fourth-order valence-corrected chi connectivity index (χ4v) is 2.68. The zero-order valence-corrected chi connectivity index (χ0v) is 11.1. The van der Waals surface area contributed by atoms with Crippen molar-refractivity contribution in [2.75, 3.05) is 18.0 Å². The van der Waals surface area contributed by atoms with Gasteiger partial charge in [0.15, 0.2) is 0 Å². The number of hydrogen-bond acceptors (Lipinski definition) is 4. The van der Waals surface area contributed by atoms with Gasteiger partial charge in [-0.1, -0.05) is 11.6 Å².